The zero-order chi connectivity index (χ0) is 24.6. The second-order valence-electron chi connectivity index (χ2n) is 7.48. The van der Waals surface area contributed by atoms with E-state index >= 15 is 0 Å². The number of sulfone groups is 1. The summed E-state index contributed by atoms with van der Waals surface area (Å²) >= 11 is 6.07. The van der Waals surface area contributed by atoms with Gasteiger partial charge < -0.3 is 10.4 Å². The molecule has 0 aliphatic carbocycles. The molecule has 0 aliphatic rings. The molecule has 3 aromatic rings. The van der Waals surface area contributed by atoms with E-state index in [9.17, 15) is 31.5 Å². The summed E-state index contributed by atoms with van der Waals surface area (Å²) < 4.78 is 65.4. The van der Waals surface area contributed by atoms with Gasteiger partial charge in [-0.15, -0.1) is 0 Å². The Morgan fingerprint density at radius 2 is 1.55 bits per heavy atom. The van der Waals surface area contributed by atoms with E-state index in [1.54, 1.807) is 30.3 Å². The maximum atomic E-state index is 13.4. The maximum Gasteiger partial charge on any atom is 0.426 e. The van der Waals surface area contributed by atoms with E-state index in [1.807, 2.05) is 24.4 Å². The van der Waals surface area contributed by atoms with Crippen LogP contribution in [0.5, 0.6) is 0 Å². The summed E-state index contributed by atoms with van der Waals surface area (Å²) in [4.78, 5) is 11.7. The number of carbonyl (C=O) groups is 1. The molecule has 0 saturated heterocycles. The Morgan fingerprint density at radius 1 is 0.970 bits per heavy atom. The number of halogens is 4. The lowest BCUT2D eigenvalue weighted by Crippen LogP contribution is -2.52. The second-order valence-corrected chi connectivity index (χ2v) is 9.81. The van der Waals surface area contributed by atoms with Crippen LogP contribution in [-0.2, 0) is 14.6 Å². The number of hydrogen-bond donors (Lipinski definition) is 2. The number of aryl methyl sites for hydroxylation is 1. The summed E-state index contributed by atoms with van der Waals surface area (Å²) in [6, 6.07) is 16.9. The molecule has 0 unspecified atom stereocenters. The Hall–Kier alpha value is -2.88. The summed E-state index contributed by atoms with van der Waals surface area (Å²) in [6.45, 7) is 2.15. The van der Waals surface area contributed by atoms with Crippen molar-refractivity contribution in [2.24, 2.45) is 0 Å². The van der Waals surface area contributed by atoms with E-state index in [0.29, 0.717) is 12.5 Å². The minimum atomic E-state index is -5.22. The van der Waals surface area contributed by atoms with Crippen LogP contribution in [0.2, 0.25) is 5.02 Å². The molecular weight excluding hydrogens is 479 g/mol. The molecule has 0 heterocycles. The summed E-state index contributed by atoms with van der Waals surface area (Å²) in [5.41, 5.74) is -1.87. The van der Waals surface area contributed by atoms with Gasteiger partial charge in [0, 0.05) is 5.56 Å². The van der Waals surface area contributed by atoms with Gasteiger partial charge in [-0.3, -0.25) is 4.79 Å². The third-order valence-electron chi connectivity index (χ3n) is 5.10. The molecule has 0 fully saturated rings. The third-order valence-corrected chi connectivity index (χ3v) is 7.23. The predicted molar refractivity (Wildman–Crippen MR) is 119 cm³/mol. The van der Waals surface area contributed by atoms with Gasteiger partial charge in [0.15, 0.2) is 0 Å². The van der Waals surface area contributed by atoms with Crippen LogP contribution in [0.3, 0.4) is 0 Å². The highest BCUT2D eigenvalue weighted by molar-refractivity contribution is 7.91. The van der Waals surface area contributed by atoms with Crippen molar-refractivity contribution >= 4 is 33.0 Å². The van der Waals surface area contributed by atoms with Crippen molar-refractivity contribution in [3.63, 3.8) is 0 Å². The van der Waals surface area contributed by atoms with Gasteiger partial charge in [-0.25, -0.2) is 8.42 Å². The molecule has 0 spiro atoms. The molecule has 3 aromatic carbocycles. The second kappa shape index (κ2) is 8.81. The Bertz CT molecular complexity index is 1320. The molecule has 1 amide bonds. The van der Waals surface area contributed by atoms with Crippen molar-refractivity contribution in [3.05, 3.63) is 77.3 Å². The van der Waals surface area contributed by atoms with Crippen molar-refractivity contribution in [2.75, 3.05) is 5.32 Å². The molecule has 5 nitrogen and oxygen atoms in total. The maximum absolute atomic E-state index is 13.4. The topological polar surface area (TPSA) is 83.5 Å². The first-order valence-corrected chi connectivity index (χ1v) is 11.4. The Kier molecular flexibility index (Phi) is 6.61. The predicted octanol–water partition coefficient (Wildman–Crippen LogP) is 5.40. The molecule has 0 radical (unpaired) electrons. The number of alkyl halides is 3. The number of hydrogen-bond acceptors (Lipinski definition) is 4. The van der Waals surface area contributed by atoms with E-state index in [1.165, 1.54) is 6.07 Å². The molecule has 0 saturated carbocycles. The van der Waals surface area contributed by atoms with Crippen molar-refractivity contribution in [1.82, 2.24) is 0 Å². The van der Waals surface area contributed by atoms with Gasteiger partial charge in [0.2, 0.25) is 15.4 Å². The van der Waals surface area contributed by atoms with Crippen LogP contribution in [-0.4, -0.2) is 31.2 Å². The lowest BCUT2D eigenvalue weighted by molar-refractivity contribution is -0.242. The number of carbonyl (C=O) groups excluding carboxylic acids is 1. The SMILES string of the molecule is Cc1ccccc1-c1ccccc1S(=O)(=O)c1ccc(NC(=O)[C@@](C)(O)C(F)(F)F)c(Cl)c1. The monoisotopic (exact) mass is 497 g/mol. The van der Waals surface area contributed by atoms with E-state index < -0.39 is 27.5 Å². The number of nitrogens with one attached hydrogen (secondary N) is 1. The third kappa shape index (κ3) is 4.75. The normalized spacial score (nSPS) is 13.9. The molecule has 33 heavy (non-hydrogen) atoms. The largest absolute Gasteiger partial charge is 0.426 e. The van der Waals surface area contributed by atoms with Crippen LogP contribution < -0.4 is 5.32 Å². The Labute approximate surface area is 193 Å². The fourth-order valence-electron chi connectivity index (χ4n) is 3.06. The standard InChI is InChI=1S/C23H19ClF3NO4S/c1-14-7-3-4-8-16(14)17-9-5-6-10-20(17)33(31,32)15-11-12-19(18(24)13-15)28-21(29)22(2,30)23(25,26)27/h3-13,30H,1-2H3,(H,28,29)/t22-/m1/s1. The molecule has 0 aromatic heterocycles. The molecule has 0 aliphatic heterocycles. The molecule has 174 valence electrons. The van der Waals surface area contributed by atoms with Gasteiger partial charge in [0.1, 0.15) is 0 Å². The van der Waals surface area contributed by atoms with Crippen molar-refractivity contribution < 1.29 is 31.5 Å². The number of aliphatic hydroxyl groups is 1. The number of benzene rings is 3. The highest BCUT2D eigenvalue weighted by Gasteiger charge is 2.55. The lowest BCUT2D eigenvalue weighted by atomic mass is 10.0. The van der Waals surface area contributed by atoms with Crippen molar-refractivity contribution in [1.29, 1.82) is 0 Å². The van der Waals surface area contributed by atoms with E-state index in [-0.39, 0.29) is 20.5 Å². The van der Waals surface area contributed by atoms with Crippen LogP contribution in [0, 0.1) is 6.92 Å². The van der Waals surface area contributed by atoms with Gasteiger partial charge in [0.25, 0.3) is 5.91 Å². The van der Waals surface area contributed by atoms with Crippen LogP contribution in [0.1, 0.15) is 12.5 Å². The molecule has 10 heteroatoms. The van der Waals surface area contributed by atoms with Crippen molar-refractivity contribution in [3.8, 4) is 11.1 Å². The van der Waals surface area contributed by atoms with E-state index in [2.05, 4.69) is 0 Å². The Morgan fingerprint density at radius 3 is 2.12 bits per heavy atom. The van der Waals surface area contributed by atoms with Gasteiger partial charge in [-0.1, -0.05) is 54.1 Å². The quantitative estimate of drug-likeness (QED) is 0.494. The summed E-state index contributed by atoms with van der Waals surface area (Å²) in [5, 5.41) is 11.1. The fraction of sp³-hybridized carbons (Fsp3) is 0.174. The fourth-order valence-corrected chi connectivity index (χ4v) is 4.85. The molecule has 1 atom stereocenters. The van der Waals surface area contributed by atoms with Gasteiger partial charge >= 0.3 is 6.18 Å². The molecule has 0 bridgehead atoms. The number of amides is 1. The molecule has 3 rings (SSSR count). The van der Waals surface area contributed by atoms with Crippen LogP contribution >= 0.6 is 11.6 Å². The first kappa shape index (κ1) is 24.8. The molecule has 2 N–H and O–H groups in total. The highest BCUT2D eigenvalue weighted by atomic mass is 35.5. The summed E-state index contributed by atoms with van der Waals surface area (Å²) in [5.74, 6) is -1.75. The van der Waals surface area contributed by atoms with Crippen LogP contribution in [0.25, 0.3) is 11.1 Å². The first-order valence-electron chi connectivity index (χ1n) is 9.57. The van der Waals surface area contributed by atoms with E-state index in [0.717, 1.165) is 29.3 Å². The van der Waals surface area contributed by atoms with Crippen molar-refractivity contribution in [2.45, 2.75) is 35.4 Å². The number of anilines is 1. The molecular formula is C23H19ClF3NO4S. The smallest absolute Gasteiger partial charge is 0.373 e. The highest BCUT2D eigenvalue weighted by Crippen LogP contribution is 2.36. The average molecular weight is 498 g/mol. The van der Waals surface area contributed by atoms with Gasteiger partial charge in [-0.05, 0) is 49.2 Å². The van der Waals surface area contributed by atoms with E-state index in [4.69, 9.17) is 11.6 Å². The minimum absolute atomic E-state index is 0.0205. The lowest BCUT2D eigenvalue weighted by Gasteiger charge is -2.25. The first-order chi connectivity index (χ1) is 15.3. The van der Waals surface area contributed by atoms with Gasteiger partial charge in [-0.2, -0.15) is 13.2 Å². The minimum Gasteiger partial charge on any atom is -0.373 e. The van der Waals surface area contributed by atoms with Crippen LogP contribution in [0.4, 0.5) is 18.9 Å². The van der Waals surface area contributed by atoms with Crippen LogP contribution in [0.15, 0.2) is 76.5 Å². The zero-order valence-electron chi connectivity index (χ0n) is 17.4. The number of rotatable bonds is 5. The average Bonchev–Trinajstić information content (AvgIpc) is 2.74. The zero-order valence-corrected chi connectivity index (χ0v) is 19.0. The summed E-state index contributed by atoms with van der Waals surface area (Å²) in [7, 11) is -4.08. The Balaban J connectivity index is 2.00. The summed E-state index contributed by atoms with van der Waals surface area (Å²) in [6.07, 6.45) is -5.22. The van der Waals surface area contributed by atoms with Gasteiger partial charge in [0.05, 0.1) is 20.5 Å².